The van der Waals surface area contributed by atoms with E-state index in [1.165, 1.54) is 18.2 Å². The summed E-state index contributed by atoms with van der Waals surface area (Å²) >= 11 is 0. The lowest BCUT2D eigenvalue weighted by molar-refractivity contribution is -0.148. The number of ether oxygens (including phenoxy) is 1. The van der Waals surface area contributed by atoms with E-state index in [1.807, 2.05) is 13.8 Å². The van der Waals surface area contributed by atoms with E-state index in [0.29, 0.717) is 12.8 Å². The summed E-state index contributed by atoms with van der Waals surface area (Å²) in [6, 6.07) is 6.19. The van der Waals surface area contributed by atoms with E-state index in [9.17, 15) is 9.59 Å². The fourth-order valence-electron chi connectivity index (χ4n) is 2.04. The standard InChI is InChI=1S/C15H21NO4/c1-10-6-11(2)8-12(7-10)4-5-14(17)16-9-13(20-3)15(18)19/h6-8,13H,4-5,9H2,1-3H3,(H,16,17)(H,18,19). The summed E-state index contributed by atoms with van der Waals surface area (Å²) in [5.41, 5.74) is 3.45. The fraction of sp³-hybridized carbons (Fsp3) is 0.467. The molecule has 0 aliphatic heterocycles. The summed E-state index contributed by atoms with van der Waals surface area (Å²) in [6.07, 6.45) is -0.0296. The minimum atomic E-state index is -1.08. The third kappa shape index (κ3) is 5.40. The van der Waals surface area contributed by atoms with Crippen molar-refractivity contribution in [3.8, 4) is 0 Å². The van der Waals surface area contributed by atoms with Crippen LogP contribution in [0.1, 0.15) is 23.1 Å². The molecule has 0 saturated heterocycles. The fourth-order valence-corrected chi connectivity index (χ4v) is 2.04. The molecule has 0 heterocycles. The van der Waals surface area contributed by atoms with Crippen LogP contribution in [0.5, 0.6) is 0 Å². The average Bonchev–Trinajstić information content (AvgIpc) is 2.35. The van der Waals surface area contributed by atoms with Gasteiger partial charge in [0, 0.05) is 13.5 Å². The molecule has 1 amide bonds. The summed E-state index contributed by atoms with van der Waals surface area (Å²) in [7, 11) is 1.31. The molecule has 0 aromatic heterocycles. The topological polar surface area (TPSA) is 75.6 Å². The second kappa shape index (κ2) is 7.65. The lowest BCUT2D eigenvalue weighted by Crippen LogP contribution is -2.37. The predicted octanol–water partition coefficient (Wildman–Crippen LogP) is 1.45. The van der Waals surface area contributed by atoms with Crippen LogP contribution in [-0.2, 0) is 20.7 Å². The molecule has 0 fully saturated rings. The number of hydrogen-bond acceptors (Lipinski definition) is 3. The molecule has 0 bridgehead atoms. The molecular weight excluding hydrogens is 258 g/mol. The smallest absolute Gasteiger partial charge is 0.334 e. The van der Waals surface area contributed by atoms with Crippen molar-refractivity contribution < 1.29 is 19.4 Å². The number of hydrogen-bond donors (Lipinski definition) is 2. The molecule has 1 aromatic rings. The van der Waals surface area contributed by atoms with Gasteiger partial charge in [0.2, 0.25) is 5.91 Å². The summed E-state index contributed by atoms with van der Waals surface area (Å²) in [4.78, 5) is 22.4. The number of amides is 1. The van der Waals surface area contributed by atoms with Gasteiger partial charge in [-0.3, -0.25) is 4.79 Å². The Morgan fingerprint density at radius 2 is 1.85 bits per heavy atom. The molecule has 1 rings (SSSR count). The number of methoxy groups -OCH3 is 1. The quantitative estimate of drug-likeness (QED) is 0.792. The molecule has 2 N–H and O–H groups in total. The highest BCUT2D eigenvalue weighted by molar-refractivity contribution is 5.78. The molecule has 0 aliphatic rings. The first kappa shape index (κ1) is 16.2. The first-order chi connectivity index (χ1) is 9.42. The molecule has 0 spiro atoms. The van der Waals surface area contributed by atoms with E-state index in [1.54, 1.807) is 0 Å². The molecule has 1 atom stereocenters. The highest BCUT2D eigenvalue weighted by Gasteiger charge is 2.16. The van der Waals surface area contributed by atoms with Gasteiger partial charge in [-0.1, -0.05) is 29.3 Å². The van der Waals surface area contributed by atoms with Crippen LogP contribution in [-0.4, -0.2) is 36.7 Å². The maximum absolute atomic E-state index is 11.7. The molecule has 0 aliphatic carbocycles. The van der Waals surface area contributed by atoms with Crippen molar-refractivity contribution in [1.82, 2.24) is 5.32 Å². The van der Waals surface area contributed by atoms with Crippen LogP contribution in [0.25, 0.3) is 0 Å². The zero-order chi connectivity index (χ0) is 15.1. The summed E-state index contributed by atoms with van der Waals surface area (Å²) in [6.45, 7) is 4.02. The van der Waals surface area contributed by atoms with Crippen molar-refractivity contribution in [2.45, 2.75) is 32.8 Å². The Hall–Kier alpha value is -1.88. The van der Waals surface area contributed by atoms with E-state index < -0.39 is 12.1 Å². The normalized spacial score (nSPS) is 11.9. The minimum Gasteiger partial charge on any atom is -0.479 e. The van der Waals surface area contributed by atoms with Crippen LogP contribution in [0.15, 0.2) is 18.2 Å². The molecule has 110 valence electrons. The van der Waals surface area contributed by atoms with E-state index in [-0.39, 0.29) is 12.5 Å². The monoisotopic (exact) mass is 279 g/mol. The Morgan fingerprint density at radius 1 is 1.25 bits per heavy atom. The van der Waals surface area contributed by atoms with Gasteiger partial charge in [-0.15, -0.1) is 0 Å². The second-order valence-corrected chi connectivity index (χ2v) is 4.86. The Kier molecular flexibility index (Phi) is 6.18. The van der Waals surface area contributed by atoms with Gasteiger partial charge >= 0.3 is 5.97 Å². The van der Waals surface area contributed by atoms with Crippen molar-refractivity contribution in [2.24, 2.45) is 0 Å². The van der Waals surface area contributed by atoms with Crippen LogP contribution >= 0.6 is 0 Å². The van der Waals surface area contributed by atoms with Crippen molar-refractivity contribution >= 4 is 11.9 Å². The van der Waals surface area contributed by atoms with Crippen LogP contribution in [0.3, 0.4) is 0 Å². The summed E-state index contributed by atoms with van der Waals surface area (Å²) in [5, 5.41) is 11.3. The zero-order valence-corrected chi connectivity index (χ0v) is 12.1. The van der Waals surface area contributed by atoms with Gasteiger partial charge in [0.15, 0.2) is 6.10 Å². The van der Waals surface area contributed by atoms with Gasteiger partial charge in [-0.2, -0.15) is 0 Å². The maximum Gasteiger partial charge on any atom is 0.334 e. The summed E-state index contributed by atoms with van der Waals surface area (Å²) < 4.78 is 4.74. The Balaban J connectivity index is 2.41. The molecule has 0 saturated carbocycles. The number of nitrogens with one attached hydrogen (secondary N) is 1. The number of aryl methyl sites for hydroxylation is 3. The van der Waals surface area contributed by atoms with Crippen molar-refractivity contribution in [3.05, 3.63) is 34.9 Å². The third-order valence-corrected chi connectivity index (χ3v) is 2.97. The van der Waals surface area contributed by atoms with E-state index in [0.717, 1.165) is 5.56 Å². The third-order valence-electron chi connectivity index (χ3n) is 2.97. The number of carboxylic acid groups (broad SMARTS) is 1. The molecular formula is C15H21NO4. The van der Waals surface area contributed by atoms with Crippen LogP contribution in [0, 0.1) is 13.8 Å². The Bertz CT molecular complexity index is 465. The largest absolute Gasteiger partial charge is 0.479 e. The van der Waals surface area contributed by atoms with Gasteiger partial charge in [0.25, 0.3) is 0 Å². The molecule has 5 nitrogen and oxygen atoms in total. The van der Waals surface area contributed by atoms with Crippen LogP contribution in [0.4, 0.5) is 0 Å². The molecule has 5 heteroatoms. The number of aliphatic carboxylic acids is 1. The minimum absolute atomic E-state index is 0.0164. The maximum atomic E-state index is 11.7. The van der Waals surface area contributed by atoms with Crippen LogP contribution in [0.2, 0.25) is 0 Å². The number of rotatable bonds is 7. The first-order valence-corrected chi connectivity index (χ1v) is 6.52. The van der Waals surface area contributed by atoms with Gasteiger partial charge in [-0.25, -0.2) is 4.79 Å². The second-order valence-electron chi connectivity index (χ2n) is 4.86. The van der Waals surface area contributed by atoms with E-state index in [2.05, 4.69) is 23.5 Å². The molecule has 1 unspecified atom stereocenters. The number of carboxylic acids is 1. The Labute approximate surface area is 118 Å². The number of benzene rings is 1. The average molecular weight is 279 g/mol. The highest BCUT2D eigenvalue weighted by Crippen LogP contribution is 2.10. The zero-order valence-electron chi connectivity index (χ0n) is 12.1. The van der Waals surface area contributed by atoms with Crippen LogP contribution < -0.4 is 5.32 Å². The van der Waals surface area contributed by atoms with Gasteiger partial charge in [0.1, 0.15) is 0 Å². The van der Waals surface area contributed by atoms with Gasteiger partial charge in [-0.05, 0) is 25.8 Å². The van der Waals surface area contributed by atoms with Gasteiger partial charge < -0.3 is 15.2 Å². The number of carbonyl (C=O) groups excluding carboxylic acids is 1. The van der Waals surface area contributed by atoms with E-state index >= 15 is 0 Å². The highest BCUT2D eigenvalue weighted by atomic mass is 16.5. The lowest BCUT2D eigenvalue weighted by atomic mass is 10.0. The van der Waals surface area contributed by atoms with E-state index in [4.69, 9.17) is 9.84 Å². The number of carbonyl (C=O) groups is 2. The summed E-state index contributed by atoms with van der Waals surface area (Å²) in [5.74, 6) is -1.26. The first-order valence-electron chi connectivity index (χ1n) is 6.52. The predicted molar refractivity (Wildman–Crippen MR) is 75.7 cm³/mol. The SMILES string of the molecule is COC(CNC(=O)CCc1cc(C)cc(C)c1)C(=O)O. The van der Waals surface area contributed by atoms with Gasteiger partial charge in [0.05, 0.1) is 6.54 Å². The lowest BCUT2D eigenvalue weighted by Gasteiger charge is -2.11. The molecule has 20 heavy (non-hydrogen) atoms. The van der Waals surface area contributed by atoms with Crippen molar-refractivity contribution in [3.63, 3.8) is 0 Å². The molecule has 1 aromatic carbocycles. The van der Waals surface area contributed by atoms with Crippen molar-refractivity contribution in [2.75, 3.05) is 13.7 Å². The van der Waals surface area contributed by atoms with Crippen molar-refractivity contribution in [1.29, 1.82) is 0 Å². The molecule has 0 radical (unpaired) electrons. The Morgan fingerprint density at radius 3 is 2.35 bits per heavy atom.